The highest BCUT2D eigenvalue weighted by molar-refractivity contribution is 7.99. The van der Waals surface area contributed by atoms with Crippen LogP contribution in [0.1, 0.15) is 65.1 Å². The monoisotopic (exact) mass is 655 g/mol. The number of carboxylic acids is 1. The minimum atomic E-state index is -0.986. The molecule has 1 saturated heterocycles. The van der Waals surface area contributed by atoms with Crippen molar-refractivity contribution < 1.29 is 34.1 Å². The fraction of sp³-hybridized carbons (Fsp3) is 0.250. The van der Waals surface area contributed by atoms with Crippen LogP contribution in [-0.2, 0) is 25.7 Å². The maximum atomic E-state index is 12.7. The van der Waals surface area contributed by atoms with Gasteiger partial charge in [-0.25, -0.2) is 4.79 Å². The van der Waals surface area contributed by atoms with Crippen LogP contribution in [0.2, 0.25) is 0 Å². The van der Waals surface area contributed by atoms with Crippen molar-refractivity contribution in [3.05, 3.63) is 119 Å². The molecule has 1 fully saturated rings. The van der Waals surface area contributed by atoms with Crippen molar-refractivity contribution in [3.63, 3.8) is 0 Å². The van der Waals surface area contributed by atoms with Crippen LogP contribution >= 0.6 is 11.8 Å². The summed E-state index contributed by atoms with van der Waals surface area (Å²) >= 11 is 1.42. The predicted octanol–water partition coefficient (Wildman–Crippen LogP) is 6.54. The van der Waals surface area contributed by atoms with E-state index in [1.54, 1.807) is 54.6 Å². The number of rotatable bonds is 13. The Bertz CT molecular complexity index is 1700. The number of para-hydroxylation sites is 2. The first kappa shape index (κ1) is 33.7. The second-order valence-corrected chi connectivity index (χ2v) is 12.2. The number of nitrogens with two attached hydrogens (primary N) is 1. The lowest BCUT2D eigenvalue weighted by Gasteiger charge is -2.36. The number of aromatic carboxylic acids is 1. The summed E-state index contributed by atoms with van der Waals surface area (Å²) in [7, 11) is 0. The average Bonchev–Trinajstić information content (AvgIpc) is 3.08. The van der Waals surface area contributed by atoms with E-state index in [0.29, 0.717) is 46.1 Å². The standard InChI is InChI=1S/C36H37N3O7S/c37-29-10-2-3-11-30(29)39-34(42)14-6-13-33(41)38-26-8-5-7-25(19-26)36-45-27(22-47-32-12-4-1-9-28(32)35(43)44)20-31(46-36)24-17-15-23(21-40)16-18-24/h1-5,7-12,15-19,27,31,36,40H,6,13-14,20-22,37H2,(H,38,41)(H,39,42)(H,43,44)/t27-,31+,36+/m1/s1. The van der Waals surface area contributed by atoms with Gasteiger partial charge < -0.3 is 36.1 Å². The van der Waals surface area contributed by atoms with Crippen molar-refractivity contribution >= 4 is 46.6 Å². The summed E-state index contributed by atoms with van der Waals surface area (Å²) in [6.45, 7) is -0.0612. The molecule has 11 heteroatoms. The molecular formula is C36H37N3O7S. The zero-order valence-corrected chi connectivity index (χ0v) is 26.5. The number of carboxylic acid groups (broad SMARTS) is 1. The number of aliphatic hydroxyl groups excluding tert-OH is 1. The van der Waals surface area contributed by atoms with Gasteiger partial charge in [-0.15, -0.1) is 11.8 Å². The first-order chi connectivity index (χ1) is 22.8. The molecule has 244 valence electrons. The van der Waals surface area contributed by atoms with Crippen LogP contribution in [0.3, 0.4) is 0 Å². The Morgan fingerprint density at radius 2 is 1.55 bits per heavy atom. The maximum Gasteiger partial charge on any atom is 0.336 e. The number of amides is 2. The Morgan fingerprint density at radius 1 is 0.830 bits per heavy atom. The van der Waals surface area contributed by atoms with E-state index in [9.17, 15) is 24.6 Å². The van der Waals surface area contributed by atoms with Crippen molar-refractivity contribution in [2.75, 3.05) is 22.1 Å². The SMILES string of the molecule is Nc1ccccc1NC(=O)CCCC(=O)Nc1cccc([C@H]2O[C@@H](CSc3ccccc3C(=O)O)C[C@@H](c3ccc(CO)cc3)O2)c1. The van der Waals surface area contributed by atoms with Gasteiger partial charge in [-0.3, -0.25) is 9.59 Å². The molecule has 0 bridgehead atoms. The lowest BCUT2D eigenvalue weighted by atomic mass is 10.0. The van der Waals surface area contributed by atoms with Crippen LogP contribution in [-0.4, -0.2) is 39.9 Å². The third-order valence-corrected chi connectivity index (χ3v) is 8.85. The number of carbonyl (C=O) groups excluding carboxylic acids is 2. The Labute approximate surface area is 277 Å². The number of anilines is 3. The van der Waals surface area contributed by atoms with E-state index in [-0.39, 0.29) is 49.0 Å². The largest absolute Gasteiger partial charge is 0.478 e. The van der Waals surface area contributed by atoms with Gasteiger partial charge in [0.1, 0.15) is 0 Å². The van der Waals surface area contributed by atoms with Gasteiger partial charge in [0.2, 0.25) is 11.8 Å². The van der Waals surface area contributed by atoms with E-state index >= 15 is 0 Å². The van der Waals surface area contributed by atoms with Gasteiger partial charge in [-0.05, 0) is 53.9 Å². The summed E-state index contributed by atoms with van der Waals surface area (Å²) in [4.78, 5) is 37.5. The molecule has 2 amide bonds. The Balaban J connectivity index is 1.23. The molecule has 1 aliphatic heterocycles. The summed E-state index contributed by atoms with van der Waals surface area (Å²) in [5.74, 6) is -0.937. The molecule has 0 aromatic heterocycles. The van der Waals surface area contributed by atoms with Crippen LogP contribution in [0, 0.1) is 0 Å². The van der Waals surface area contributed by atoms with E-state index in [1.807, 2.05) is 42.5 Å². The summed E-state index contributed by atoms with van der Waals surface area (Å²) in [6.07, 6.45) is -0.129. The molecule has 0 spiro atoms. The Morgan fingerprint density at radius 3 is 2.30 bits per heavy atom. The molecule has 6 N–H and O–H groups in total. The van der Waals surface area contributed by atoms with Gasteiger partial charge in [-0.1, -0.05) is 60.7 Å². The minimum absolute atomic E-state index is 0.0612. The number of thioether (sulfide) groups is 1. The second kappa shape index (κ2) is 16.2. The van der Waals surface area contributed by atoms with Crippen LogP contribution in [0.4, 0.5) is 17.1 Å². The molecule has 0 radical (unpaired) electrons. The van der Waals surface area contributed by atoms with Gasteiger partial charge in [0, 0.05) is 41.2 Å². The number of carbonyl (C=O) groups is 3. The molecule has 1 aliphatic rings. The zero-order chi connectivity index (χ0) is 33.2. The summed E-state index contributed by atoms with van der Waals surface area (Å²) in [5.41, 5.74) is 10.1. The minimum Gasteiger partial charge on any atom is -0.478 e. The smallest absolute Gasteiger partial charge is 0.336 e. The van der Waals surface area contributed by atoms with Gasteiger partial charge in [0.15, 0.2) is 6.29 Å². The first-order valence-electron chi connectivity index (χ1n) is 15.3. The number of nitrogen functional groups attached to an aromatic ring is 1. The Kier molecular flexibility index (Phi) is 11.6. The van der Waals surface area contributed by atoms with Crippen LogP contribution in [0.25, 0.3) is 0 Å². The quantitative estimate of drug-likeness (QED) is 0.0795. The molecule has 4 aromatic carbocycles. The highest BCUT2D eigenvalue weighted by atomic mass is 32.2. The van der Waals surface area contributed by atoms with E-state index in [4.69, 9.17) is 15.2 Å². The second-order valence-electron chi connectivity index (χ2n) is 11.1. The fourth-order valence-corrected chi connectivity index (χ4v) is 6.26. The van der Waals surface area contributed by atoms with Crippen molar-refractivity contribution in [3.8, 4) is 0 Å². The van der Waals surface area contributed by atoms with Crippen LogP contribution in [0.15, 0.2) is 102 Å². The summed E-state index contributed by atoms with van der Waals surface area (Å²) in [6, 6.07) is 28.7. The molecule has 0 aliphatic carbocycles. The zero-order valence-electron chi connectivity index (χ0n) is 25.6. The molecule has 5 rings (SSSR count). The first-order valence-corrected chi connectivity index (χ1v) is 16.3. The number of aliphatic hydroxyl groups is 1. The highest BCUT2D eigenvalue weighted by Crippen LogP contribution is 2.40. The van der Waals surface area contributed by atoms with Gasteiger partial charge in [-0.2, -0.15) is 0 Å². The van der Waals surface area contributed by atoms with E-state index in [2.05, 4.69) is 10.6 Å². The van der Waals surface area contributed by atoms with Crippen molar-refractivity contribution in [1.82, 2.24) is 0 Å². The van der Waals surface area contributed by atoms with Crippen molar-refractivity contribution in [1.29, 1.82) is 0 Å². The third kappa shape index (κ3) is 9.43. The van der Waals surface area contributed by atoms with Crippen molar-refractivity contribution in [2.24, 2.45) is 0 Å². The van der Waals surface area contributed by atoms with E-state index < -0.39 is 12.3 Å². The third-order valence-electron chi connectivity index (χ3n) is 7.64. The summed E-state index contributed by atoms with van der Waals surface area (Å²) in [5, 5.41) is 24.8. The summed E-state index contributed by atoms with van der Waals surface area (Å²) < 4.78 is 12.8. The van der Waals surface area contributed by atoms with Crippen molar-refractivity contribution in [2.45, 2.75) is 55.7 Å². The van der Waals surface area contributed by atoms with E-state index in [0.717, 1.165) is 11.1 Å². The molecular weight excluding hydrogens is 618 g/mol. The van der Waals surface area contributed by atoms with E-state index in [1.165, 1.54) is 11.8 Å². The molecule has 0 unspecified atom stereocenters. The number of hydrogen-bond donors (Lipinski definition) is 5. The highest BCUT2D eigenvalue weighted by Gasteiger charge is 2.32. The lowest BCUT2D eigenvalue weighted by Crippen LogP contribution is -2.31. The average molecular weight is 656 g/mol. The molecule has 10 nitrogen and oxygen atoms in total. The topological polar surface area (TPSA) is 160 Å². The number of benzene rings is 4. The number of ether oxygens (including phenoxy) is 2. The van der Waals surface area contributed by atoms with Crippen LogP contribution < -0.4 is 16.4 Å². The normalized spacial score (nSPS) is 17.5. The molecule has 3 atom stereocenters. The fourth-order valence-electron chi connectivity index (χ4n) is 5.19. The number of hydrogen-bond acceptors (Lipinski definition) is 8. The molecule has 4 aromatic rings. The maximum absolute atomic E-state index is 12.7. The molecule has 0 saturated carbocycles. The predicted molar refractivity (Wildman–Crippen MR) is 181 cm³/mol. The van der Waals surface area contributed by atoms with Gasteiger partial charge in [0.25, 0.3) is 0 Å². The van der Waals surface area contributed by atoms with Gasteiger partial charge >= 0.3 is 5.97 Å². The van der Waals surface area contributed by atoms with Gasteiger partial charge in [0.05, 0.1) is 35.8 Å². The van der Waals surface area contributed by atoms with Crippen LogP contribution in [0.5, 0.6) is 0 Å². The molecule has 47 heavy (non-hydrogen) atoms. The number of nitrogens with one attached hydrogen (secondary N) is 2. The Hall–Kier alpha value is -4.68. The lowest BCUT2D eigenvalue weighted by molar-refractivity contribution is -0.245. The molecule has 1 heterocycles.